The fourth-order valence-electron chi connectivity index (χ4n) is 4.89. The van der Waals surface area contributed by atoms with Crippen LogP contribution in [0.3, 0.4) is 0 Å². The first kappa shape index (κ1) is 26.6. The number of anilines is 1. The van der Waals surface area contributed by atoms with E-state index in [2.05, 4.69) is 15.6 Å². The van der Waals surface area contributed by atoms with Gasteiger partial charge in [0.1, 0.15) is 18.1 Å². The summed E-state index contributed by atoms with van der Waals surface area (Å²) in [5.74, 6) is 0.129. The molecule has 11 nitrogen and oxygen atoms in total. The van der Waals surface area contributed by atoms with Crippen LogP contribution in [0.25, 0.3) is 11.0 Å². The van der Waals surface area contributed by atoms with Gasteiger partial charge >= 0.3 is 0 Å². The highest BCUT2D eigenvalue weighted by Gasteiger charge is 2.35. The van der Waals surface area contributed by atoms with Gasteiger partial charge in [0.2, 0.25) is 18.6 Å². The van der Waals surface area contributed by atoms with Gasteiger partial charge in [0.25, 0.3) is 0 Å². The molecule has 0 saturated carbocycles. The number of fused-ring (bicyclic) bond motifs is 2. The zero-order chi connectivity index (χ0) is 29.1. The number of rotatable bonds is 9. The van der Waals surface area contributed by atoms with Gasteiger partial charge in [-0.3, -0.25) is 14.5 Å². The minimum Gasteiger partial charge on any atom is -0.504 e. The molecule has 6 rings (SSSR count). The Balaban J connectivity index is 1.44. The molecule has 42 heavy (non-hydrogen) atoms. The van der Waals surface area contributed by atoms with Crippen molar-refractivity contribution in [3.8, 4) is 23.0 Å². The molecule has 0 radical (unpaired) electrons. The van der Waals surface area contributed by atoms with E-state index < -0.39 is 17.9 Å². The average molecular weight is 566 g/mol. The zero-order valence-corrected chi connectivity index (χ0v) is 22.6. The van der Waals surface area contributed by atoms with Crippen LogP contribution in [0.4, 0.5) is 5.69 Å². The summed E-state index contributed by atoms with van der Waals surface area (Å²) in [6.07, 6.45) is 0. The van der Waals surface area contributed by atoms with Gasteiger partial charge in [-0.25, -0.2) is 4.68 Å². The van der Waals surface area contributed by atoms with E-state index in [4.69, 9.17) is 14.2 Å². The Morgan fingerprint density at radius 1 is 1.00 bits per heavy atom. The fourth-order valence-corrected chi connectivity index (χ4v) is 4.89. The van der Waals surface area contributed by atoms with E-state index in [1.165, 1.54) is 22.8 Å². The van der Waals surface area contributed by atoms with E-state index in [1.54, 1.807) is 36.4 Å². The molecule has 0 unspecified atom stereocenters. The largest absolute Gasteiger partial charge is 0.504 e. The first-order chi connectivity index (χ1) is 20.5. The van der Waals surface area contributed by atoms with E-state index in [9.17, 15) is 14.7 Å². The summed E-state index contributed by atoms with van der Waals surface area (Å²) < 4.78 is 17.8. The third-order valence-corrected chi connectivity index (χ3v) is 6.94. The molecule has 0 bridgehead atoms. The quantitative estimate of drug-likeness (QED) is 0.275. The van der Waals surface area contributed by atoms with Crippen LogP contribution in [-0.2, 0) is 22.7 Å². The van der Waals surface area contributed by atoms with E-state index in [1.807, 2.05) is 48.5 Å². The third-order valence-electron chi connectivity index (χ3n) is 6.94. The van der Waals surface area contributed by atoms with Gasteiger partial charge in [0.15, 0.2) is 23.0 Å². The highest BCUT2D eigenvalue weighted by molar-refractivity contribution is 6.02. The van der Waals surface area contributed by atoms with Gasteiger partial charge in [-0.15, -0.1) is 5.10 Å². The number of amides is 2. The number of phenolic OH excluding ortho intramolecular Hbond substituents is 1. The van der Waals surface area contributed by atoms with E-state index in [0.717, 1.165) is 5.56 Å². The van der Waals surface area contributed by atoms with Crippen molar-refractivity contribution in [2.24, 2.45) is 0 Å². The molecule has 5 aromatic rings. The maximum atomic E-state index is 14.3. The molecule has 1 atom stereocenters. The third kappa shape index (κ3) is 5.27. The van der Waals surface area contributed by atoms with Crippen LogP contribution in [0.15, 0.2) is 91.0 Å². The molecular weight excluding hydrogens is 538 g/mol. The first-order valence-electron chi connectivity index (χ1n) is 13.2. The Labute approximate surface area is 240 Å². The standard InChI is InChI=1S/C31H27N5O6/c1-40-26-13-11-21(15-25(26)37)30(31(39)32-17-20-7-3-2-4-8-20)36(22-12-14-27-28(16-22)42-19-41-27)29(38)18-35-24-10-6-5-9-23(24)33-34-35/h2-16,30,37H,17-19H2,1H3,(H,32,39)/t30-/m1/s1. The van der Waals surface area contributed by atoms with Crippen molar-refractivity contribution in [3.05, 3.63) is 102 Å². The maximum absolute atomic E-state index is 14.3. The van der Waals surface area contributed by atoms with Crippen LogP contribution in [0.5, 0.6) is 23.0 Å². The maximum Gasteiger partial charge on any atom is 0.249 e. The number of para-hydroxylation sites is 1. The van der Waals surface area contributed by atoms with Crippen molar-refractivity contribution < 1.29 is 28.9 Å². The van der Waals surface area contributed by atoms with Gasteiger partial charge < -0.3 is 24.6 Å². The molecule has 212 valence electrons. The lowest BCUT2D eigenvalue weighted by Gasteiger charge is -2.32. The number of nitrogens with zero attached hydrogens (tertiary/aromatic N) is 4. The molecule has 0 aliphatic carbocycles. The van der Waals surface area contributed by atoms with Crippen molar-refractivity contribution >= 4 is 28.5 Å². The molecular formula is C31H27N5O6. The fraction of sp³-hybridized carbons (Fsp3) is 0.161. The Morgan fingerprint density at radius 3 is 2.60 bits per heavy atom. The SMILES string of the molecule is COc1ccc([C@H](C(=O)NCc2ccccc2)N(C(=O)Cn2nnc3ccccc32)c2ccc3c(c2)OCO3)cc1O. The summed E-state index contributed by atoms with van der Waals surface area (Å²) in [5.41, 5.74) is 2.95. The zero-order valence-electron chi connectivity index (χ0n) is 22.6. The summed E-state index contributed by atoms with van der Waals surface area (Å²) in [4.78, 5) is 29.7. The molecule has 0 saturated heterocycles. The number of carbonyl (C=O) groups is 2. The summed E-state index contributed by atoms with van der Waals surface area (Å²) >= 11 is 0. The van der Waals surface area contributed by atoms with Crippen LogP contribution < -0.4 is 24.4 Å². The highest BCUT2D eigenvalue weighted by atomic mass is 16.7. The van der Waals surface area contributed by atoms with Crippen molar-refractivity contribution in [2.75, 3.05) is 18.8 Å². The van der Waals surface area contributed by atoms with E-state index >= 15 is 0 Å². The van der Waals surface area contributed by atoms with Crippen molar-refractivity contribution in [2.45, 2.75) is 19.1 Å². The van der Waals surface area contributed by atoms with E-state index in [-0.39, 0.29) is 31.4 Å². The van der Waals surface area contributed by atoms with Crippen LogP contribution >= 0.6 is 0 Å². The molecule has 1 aliphatic heterocycles. The Kier molecular flexibility index (Phi) is 7.29. The Morgan fingerprint density at radius 2 is 1.79 bits per heavy atom. The highest BCUT2D eigenvalue weighted by Crippen LogP contribution is 2.39. The van der Waals surface area contributed by atoms with Gasteiger partial charge in [-0.2, -0.15) is 0 Å². The van der Waals surface area contributed by atoms with Gasteiger partial charge in [-0.05, 0) is 47.5 Å². The molecule has 0 fully saturated rings. The summed E-state index contributed by atoms with van der Waals surface area (Å²) in [5, 5.41) is 21.9. The van der Waals surface area contributed by atoms with Gasteiger partial charge in [0, 0.05) is 18.3 Å². The van der Waals surface area contributed by atoms with Crippen molar-refractivity contribution in [1.82, 2.24) is 20.3 Å². The number of aromatic nitrogens is 3. The number of hydrogen-bond donors (Lipinski definition) is 2. The molecule has 0 spiro atoms. The van der Waals surface area contributed by atoms with E-state index in [0.29, 0.717) is 33.8 Å². The van der Waals surface area contributed by atoms with Crippen LogP contribution in [0.1, 0.15) is 17.2 Å². The summed E-state index contributed by atoms with van der Waals surface area (Å²) in [6, 6.07) is 25.2. The lowest BCUT2D eigenvalue weighted by atomic mass is 10.0. The lowest BCUT2D eigenvalue weighted by molar-refractivity contribution is -0.127. The minimum atomic E-state index is -1.19. The summed E-state index contributed by atoms with van der Waals surface area (Å²) in [6.45, 7) is 0.0692. The normalized spacial score (nSPS) is 12.6. The number of phenols is 1. The second-order valence-electron chi connectivity index (χ2n) is 9.57. The Hall–Kier alpha value is -5.58. The molecule has 2 amide bonds. The number of aromatic hydroxyl groups is 1. The molecule has 2 heterocycles. The average Bonchev–Trinajstić information content (AvgIpc) is 3.66. The van der Waals surface area contributed by atoms with Gasteiger partial charge in [-0.1, -0.05) is 53.7 Å². The number of carbonyl (C=O) groups excluding carboxylic acids is 2. The molecule has 1 aliphatic rings. The minimum absolute atomic E-state index is 0.0466. The number of methoxy groups -OCH3 is 1. The lowest BCUT2D eigenvalue weighted by Crippen LogP contribution is -2.45. The van der Waals surface area contributed by atoms with Crippen LogP contribution in [-0.4, -0.2) is 45.8 Å². The van der Waals surface area contributed by atoms with Crippen molar-refractivity contribution in [3.63, 3.8) is 0 Å². The molecule has 2 N–H and O–H groups in total. The number of ether oxygens (including phenoxy) is 3. The second kappa shape index (κ2) is 11.5. The first-order valence-corrected chi connectivity index (χ1v) is 13.2. The molecule has 1 aromatic heterocycles. The number of hydrogen-bond acceptors (Lipinski definition) is 8. The monoisotopic (exact) mass is 565 g/mol. The van der Waals surface area contributed by atoms with Crippen molar-refractivity contribution in [1.29, 1.82) is 0 Å². The molecule has 4 aromatic carbocycles. The second-order valence-corrected chi connectivity index (χ2v) is 9.57. The van der Waals surface area contributed by atoms with Gasteiger partial charge in [0.05, 0.1) is 12.6 Å². The van der Waals surface area contributed by atoms with Crippen LogP contribution in [0.2, 0.25) is 0 Å². The number of nitrogens with one attached hydrogen (secondary N) is 1. The van der Waals surface area contributed by atoms with Crippen LogP contribution in [0, 0.1) is 0 Å². The predicted molar refractivity (Wildman–Crippen MR) is 153 cm³/mol. The molecule has 11 heteroatoms. The Bertz CT molecular complexity index is 1760. The number of benzene rings is 4. The summed E-state index contributed by atoms with van der Waals surface area (Å²) in [7, 11) is 1.43. The topological polar surface area (TPSA) is 128 Å². The predicted octanol–water partition coefficient (Wildman–Crippen LogP) is 3.97. The smallest absolute Gasteiger partial charge is 0.249 e.